The molecule has 0 fully saturated rings. The van der Waals surface area contributed by atoms with Crippen LogP contribution in [0.2, 0.25) is 0 Å². The standard InChI is InChI=1S/C12H22N2O6/c1-5-20-12(2,3)7-13-11(18)14-8(10(16)17)6-9(15)19-4/h8H,5-7H2,1-4H3,(H,16,17)(H2,13,14,18)/t8-/m0/s1. The molecule has 0 rings (SSSR count). The summed E-state index contributed by atoms with van der Waals surface area (Å²) >= 11 is 0. The first-order valence-electron chi connectivity index (χ1n) is 6.19. The number of urea groups is 1. The molecule has 20 heavy (non-hydrogen) atoms. The number of methoxy groups -OCH3 is 1. The summed E-state index contributed by atoms with van der Waals surface area (Å²) in [6.07, 6.45) is -0.436. The maximum Gasteiger partial charge on any atom is 0.326 e. The molecular formula is C12H22N2O6. The fraction of sp³-hybridized carbons (Fsp3) is 0.750. The van der Waals surface area contributed by atoms with Crippen molar-refractivity contribution >= 4 is 18.0 Å². The molecular weight excluding hydrogens is 268 g/mol. The van der Waals surface area contributed by atoms with E-state index in [1.54, 1.807) is 13.8 Å². The number of carboxylic acid groups (broad SMARTS) is 1. The quantitative estimate of drug-likeness (QED) is 0.547. The lowest BCUT2D eigenvalue weighted by Crippen LogP contribution is -2.50. The predicted octanol–water partition coefficient (Wildman–Crippen LogP) is 0.117. The van der Waals surface area contributed by atoms with Gasteiger partial charge in [-0.1, -0.05) is 0 Å². The third-order valence-corrected chi connectivity index (χ3v) is 2.41. The highest BCUT2D eigenvalue weighted by Crippen LogP contribution is 2.06. The van der Waals surface area contributed by atoms with E-state index in [2.05, 4.69) is 15.4 Å². The van der Waals surface area contributed by atoms with E-state index in [-0.39, 0.29) is 6.54 Å². The molecule has 0 bridgehead atoms. The van der Waals surface area contributed by atoms with E-state index in [0.29, 0.717) is 6.61 Å². The van der Waals surface area contributed by atoms with E-state index in [1.165, 1.54) is 0 Å². The van der Waals surface area contributed by atoms with Crippen LogP contribution in [0.1, 0.15) is 27.2 Å². The van der Waals surface area contributed by atoms with Gasteiger partial charge in [0.25, 0.3) is 0 Å². The molecule has 2 amide bonds. The Labute approximate surface area is 117 Å². The monoisotopic (exact) mass is 290 g/mol. The van der Waals surface area contributed by atoms with E-state index < -0.39 is 36.0 Å². The van der Waals surface area contributed by atoms with Crippen LogP contribution in [-0.4, -0.2) is 55.0 Å². The lowest BCUT2D eigenvalue weighted by molar-refractivity contribution is -0.147. The zero-order chi connectivity index (χ0) is 15.8. The number of carbonyl (C=O) groups is 3. The predicted molar refractivity (Wildman–Crippen MR) is 70.3 cm³/mol. The van der Waals surface area contributed by atoms with Gasteiger partial charge in [0, 0.05) is 13.2 Å². The minimum Gasteiger partial charge on any atom is -0.480 e. The van der Waals surface area contributed by atoms with Crippen LogP contribution < -0.4 is 10.6 Å². The molecule has 0 aliphatic carbocycles. The Kier molecular flexibility index (Phi) is 7.60. The first kappa shape index (κ1) is 18.2. The second-order valence-corrected chi connectivity index (χ2v) is 4.69. The van der Waals surface area contributed by atoms with E-state index in [4.69, 9.17) is 9.84 Å². The van der Waals surface area contributed by atoms with Crippen molar-refractivity contribution in [1.29, 1.82) is 0 Å². The molecule has 8 nitrogen and oxygen atoms in total. The van der Waals surface area contributed by atoms with Gasteiger partial charge < -0.3 is 25.2 Å². The summed E-state index contributed by atoms with van der Waals surface area (Å²) in [5, 5.41) is 13.6. The van der Waals surface area contributed by atoms with Gasteiger partial charge in [0.05, 0.1) is 19.1 Å². The second-order valence-electron chi connectivity index (χ2n) is 4.69. The SMILES string of the molecule is CCOC(C)(C)CNC(=O)N[C@@H](CC(=O)OC)C(=O)O. The number of carboxylic acids is 1. The third-order valence-electron chi connectivity index (χ3n) is 2.41. The van der Waals surface area contributed by atoms with Gasteiger partial charge in [0.15, 0.2) is 0 Å². The Morgan fingerprint density at radius 1 is 1.30 bits per heavy atom. The van der Waals surface area contributed by atoms with Crippen LogP contribution in [0.3, 0.4) is 0 Å². The maximum absolute atomic E-state index is 11.6. The normalized spacial score (nSPS) is 12.4. The second kappa shape index (κ2) is 8.36. The minimum atomic E-state index is -1.34. The Morgan fingerprint density at radius 3 is 2.35 bits per heavy atom. The summed E-state index contributed by atoms with van der Waals surface area (Å²) < 4.78 is 9.75. The molecule has 0 aliphatic heterocycles. The topological polar surface area (TPSA) is 114 Å². The fourth-order valence-electron chi connectivity index (χ4n) is 1.39. The van der Waals surface area contributed by atoms with Crippen molar-refractivity contribution in [3.05, 3.63) is 0 Å². The van der Waals surface area contributed by atoms with Crippen LogP contribution in [0.15, 0.2) is 0 Å². The smallest absolute Gasteiger partial charge is 0.326 e. The Balaban J connectivity index is 4.33. The fourth-order valence-corrected chi connectivity index (χ4v) is 1.39. The number of aliphatic carboxylic acids is 1. The molecule has 0 heterocycles. The lowest BCUT2D eigenvalue weighted by Gasteiger charge is -2.25. The van der Waals surface area contributed by atoms with Crippen LogP contribution >= 0.6 is 0 Å². The maximum atomic E-state index is 11.6. The van der Waals surface area contributed by atoms with E-state index in [1.807, 2.05) is 6.92 Å². The number of rotatable bonds is 8. The van der Waals surface area contributed by atoms with E-state index >= 15 is 0 Å². The van der Waals surface area contributed by atoms with Gasteiger partial charge in [-0.2, -0.15) is 0 Å². The zero-order valence-corrected chi connectivity index (χ0v) is 12.2. The summed E-state index contributed by atoms with van der Waals surface area (Å²) in [6, 6.07) is -2.02. The molecule has 0 saturated carbocycles. The molecule has 0 radical (unpaired) electrons. The largest absolute Gasteiger partial charge is 0.480 e. The van der Waals surface area contributed by atoms with Gasteiger partial charge in [-0.05, 0) is 20.8 Å². The molecule has 8 heteroatoms. The molecule has 3 N–H and O–H groups in total. The van der Waals surface area contributed by atoms with Crippen molar-refractivity contribution in [3.8, 4) is 0 Å². The zero-order valence-electron chi connectivity index (χ0n) is 12.2. The lowest BCUT2D eigenvalue weighted by atomic mass is 10.1. The Morgan fingerprint density at radius 2 is 1.90 bits per heavy atom. The van der Waals surface area contributed by atoms with Crippen molar-refractivity contribution in [2.24, 2.45) is 0 Å². The summed E-state index contributed by atoms with van der Waals surface area (Å²) in [6.45, 7) is 6.12. The Bertz CT molecular complexity index is 356. The van der Waals surface area contributed by atoms with Crippen LogP contribution in [-0.2, 0) is 19.1 Å². The molecule has 0 spiro atoms. The number of amides is 2. The molecule has 0 unspecified atom stereocenters. The van der Waals surface area contributed by atoms with Gasteiger partial charge >= 0.3 is 18.0 Å². The summed E-state index contributed by atoms with van der Waals surface area (Å²) in [4.78, 5) is 33.5. The third kappa shape index (κ3) is 7.57. The van der Waals surface area contributed by atoms with E-state index in [9.17, 15) is 14.4 Å². The molecule has 1 atom stereocenters. The van der Waals surface area contributed by atoms with Crippen LogP contribution in [0, 0.1) is 0 Å². The van der Waals surface area contributed by atoms with Gasteiger partial charge in [-0.3, -0.25) is 4.79 Å². The summed E-state index contributed by atoms with van der Waals surface area (Å²) in [5.74, 6) is -2.03. The first-order chi connectivity index (χ1) is 9.21. The van der Waals surface area contributed by atoms with Crippen molar-refractivity contribution in [3.63, 3.8) is 0 Å². The summed E-state index contributed by atoms with van der Waals surface area (Å²) in [5.41, 5.74) is -0.562. The highest BCUT2D eigenvalue weighted by molar-refractivity contribution is 5.86. The van der Waals surface area contributed by atoms with Crippen LogP contribution in [0.25, 0.3) is 0 Å². The van der Waals surface area contributed by atoms with Gasteiger partial charge in [-0.25, -0.2) is 9.59 Å². The minimum absolute atomic E-state index is 0.206. The number of nitrogens with one attached hydrogen (secondary N) is 2. The molecule has 0 aromatic carbocycles. The van der Waals surface area contributed by atoms with Crippen LogP contribution in [0.5, 0.6) is 0 Å². The molecule has 0 aromatic heterocycles. The Hall–Kier alpha value is -1.83. The number of hydrogen-bond acceptors (Lipinski definition) is 5. The van der Waals surface area contributed by atoms with Gasteiger partial charge in [0.1, 0.15) is 6.04 Å². The molecule has 116 valence electrons. The number of esters is 1. The van der Waals surface area contributed by atoms with Crippen molar-refractivity contribution in [1.82, 2.24) is 10.6 Å². The van der Waals surface area contributed by atoms with Gasteiger partial charge in [-0.15, -0.1) is 0 Å². The highest BCUT2D eigenvalue weighted by atomic mass is 16.5. The molecule has 0 aromatic rings. The molecule has 0 saturated heterocycles. The van der Waals surface area contributed by atoms with E-state index in [0.717, 1.165) is 7.11 Å². The van der Waals surface area contributed by atoms with Gasteiger partial charge in [0.2, 0.25) is 0 Å². The highest BCUT2D eigenvalue weighted by Gasteiger charge is 2.25. The number of carbonyl (C=O) groups excluding carboxylic acids is 2. The van der Waals surface area contributed by atoms with Crippen molar-refractivity contribution in [2.75, 3.05) is 20.3 Å². The number of ether oxygens (including phenoxy) is 2. The first-order valence-corrected chi connectivity index (χ1v) is 6.19. The summed E-state index contributed by atoms with van der Waals surface area (Å²) in [7, 11) is 1.14. The van der Waals surface area contributed by atoms with Crippen molar-refractivity contribution < 1.29 is 29.0 Å². The average molecular weight is 290 g/mol. The van der Waals surface area contributed by atoms with Crippen molar-refractivity contribution in [2.45, 2.75) is 38.8 Å². The molecule has 0 aliphatic rings. The number of hydrogen-bond donors (Lipinski definition) is 3. The van der Waals surface area contributed by atoms with Crippen LogP contribution in [0.4, 0.5) is 4.79 Å². The average Bonchev–Trinajstić information content (AvgIpc) is 2.35.